The number of halogens is 1. The Hall–Kier alpha value is 0.230. The summed E-state index contributed by atoms with van der Waals surface area (Å²) in [6, 6.07) is 0. The second-order valence-electron chi connectivity index (χ2n) is 3.77. The largest absolute Gasteiger partial charge is 0.726 e. The van der Waals surface area contributed by atoms with Crippen molar-refractivity contribution < 1.29 is 40.9 Å². The minimum Gasteiger partial charge on any atom is -0.726 e. The van der Waals surface area contributed by atoms with E-state index in [4.69, 9.17) is 27.3 Å². The lowest BCUT2D eigenvalue weighted by molar-refractivity contribution is -0.870. The van der Waals surface area contributed by atoms with E-state index in [9.17, 15) is 4.57 Å². The van der Waals surface area contributed by atoms with Gasteiger partial charge in [-0.1, -0.05) is 0 Å². The zero-order chi connectivity index (χ0) is 13.6. The quantitative estimate of drug-likeness (QED) is 0.265. The van der Waals surface area contributed by atoms with Crippen LogP contribution in [0.1, 0.15) is 0 Å². The fraction of sp³-hybridized carbons (Fsp3) is 1.00. The maximum Gasteiger partial charge on any atom is 0.469 e. The van der Waals surface area contributed by atoms with Gasteiger partial charge in [0.25, 0.3) is 0 Å². The summed E-state index contributed by atoms with van der Waals surface area (Å²) in [6.07, 6.45) is 0. The van der Waals surface area contributed by atoms with E-state index in [-0.39, 0.29) is 19.0 Å². The van der Waals surface area contributed by atoms with Crippen molar-refractivity contribution in [3.8, 4) is 0 Å². The molecule has 0 amide bonds. The Bertz CT molecular complexity index is 324. The first kappa shape index (κ1) is 22.4. The lowest BCUT2D eigenvalue weighted by Gasteiger charge is -2.23. The van der Waals surface area contributed by atoms with Crippen LogP contribution in [0.2, 0.25) is 0 Å². The predicted molar refractivity (Wildman–Crippen MR) is 60.5 cm³/mol. The Morgan fingerprint density at radius 3 is 1.76 bits per heavy atom. The van der Waals surface area contributed by atoms with Crippen molar-refractivity contribution in [1.29, 1.82) is 0 Å². The van der Waals surface area contributed by atoms with Gasteiger partial charge in [-0.25, -0.2) is 13.0 Å². The van der Waals surface area contributed by atoms with Crippen LogP contribution in [-0.4, -0.2) is 66.1 Å². The molecule has 0 atom stereocenters. The van der Waals surface area contributed by atoms with E-state index in [1.807, 2.05) is 21.1 Å². The van der Waals surface area contributed by atoms with E-state index in [2.05, 4.69) is 4.52 Å². The summed E-state index contributed by atoms with van der Waals surface area (Å²) in [4.78, 5) is 16.6. The highest BCUT2D eigenvalue weighted by Gasteiger charge is 2.15. The van der Waals surface area contributed by atoms with Gasteiger partial charge in [0.2, 0.25) is 10.4 Å². The highest BCUT2D eigenvalue weighted by atomic mass is 35.5. The predicted octanol–water partition coefficient (Wildman–Crippen LogP) is -0.772. The Kier molecular flexibility index (Phi) is 11.0. The van der Waals surface area contributed by atoms with Crippen LogP contribution in [-0.2, 0) is 19.5 Å². The first-order valence-corrected chi connectivity index (χ1v) is 6.79. The second kappa shape index (κ2) is 8.35. The molecular formula is C5H17ClNO8PS. The molecule has 17 heavy (non-hydrogen) atoms. The molecular weight excluding hydrogens is 301 g/mol. The van der Waals surface area contributed by atoms with Gasteiger partial charge in [-0.15, -0.1) is 12.4 Å². The fourth-order valence-electron chi connectivity index (χ4n) is 0.434. The van der Waals surface area contributed by atoms with Crippen LogP contribution < -0.4 is 0 Å². The maximum absolute atomic E-state index is 10.2. The molecule has 3 N–H and O–H groups in total. The van der Waals surface area contributed by atoms with E-state index in [0.29, 0.717) is 11.0 Å². The van der Waals surface area contributed by atoms with E-state index in [1.54, 1.807) is 0 Å². The van der Waals surface area contributed by atoms with Gasteiger partial charge in [-0.05, 0) is 0 Å². The minimum atomic E-state index is -4.92. The number of phosphoric ester groups is 1. The molecule has 108 valence electrons. The third-order valence-electron chi connectivity index (χ3n) is 1.02. The molecule has 0 aliphatic rings. The Morgan fingerprint density at radius 1 is 1.29 bits per heavy atom. The van der Waals surface area contributed by atoms with Gasteiger partial charge < -0.3 is 18.8 Å². The van der Waals surface area contributed by atoms with E-state index in [1.165, 1.54) is 0 Å². The summed E-state index contributed by atoms with van der Waals surface area (Å²) in [5, 5.41) is 0. The van der Waals surface area contributed by atoms with Gasteiger partial charge in [0, 0.05) is 0 Å². The smallest absolute Gasteiger partial charge is 0.469 e. The number of rotatable bonds is 4. The second-order valence-corrected chi connectivity index (χ2v) is 5.86. The summed E-state index contributed by atoms with van der Waals surface area (Å²) in [5.74, 6) is 0. The highest BCUT2D eigenvalue weighted by molar-refractivity contribution is 7.79. The van der Waals surface area contributed by atoms with Gasteiger partial charge in [0.1, 0.15) is 13.2 Å². The topological polar surface area (TPSA) is 144 Å². The van der Waals surface area contributed by atoms with Crippen molar-refractivity contribution in [2.24, 2.45) is 0 Å². The van der Waals surface area contributed by atoms with Crippen molar-refractivity contribution >= 4 is 30.6 Å². The number of hydrogen-bond donors (Lipinski definition) is 3. The minimum absolute atomic E-state index is 0. The molecule has 12 heteroatoms. The molecule has 0 aliphatic carbocycles. The monoisotopic (exact) mass is 317 g/mol. The standard InChI is InChI=1S/C5H14NO4P.ClH.H2O4S/c1-6(2,3)4-5-10-11(7,8)9;;1-5(2,3)4/h4-5H2,1-3H3,(H-,7,8,9);1H;(H2,1,2,3,4). The number of likely N-dealkylation sites (N-methyl/N-ethyl adjacent to an activating group) is 1. The summed E-state index contributed by atoms with van der Waals surface area (Å²) in [5.41, 5.74) is 0. The molecule has 0 unspecified atom stereocenters. The molecule has 0 saturated carbocycles. The summed E-state index contributed by atoms with van der Waals surface area (Å²) in [7, 11) is -3.42. The van der Waals surface area contributed by atoms with Gasteiger partial charge in [-0.3, -0.25) is 9.08 Å². The van der Waals surface area contributed by atoms with Gasteiger partial charge in [0.05, 0.1) is 21.1 Å². The molecule has 0 saturated heterocycles. The zero-order valence-corrected chi connectivity index (χ0v) is 12.0. The summed E-state index contributed by atoms with van der Waals surface area (Å²) in [6.45, 7) is 0.652. The molecule has 0 fully saturated rings. The van der Waals surface area contributed by atoms with Crippen molar-refractivity contribution in [1.82, 2.24) is 0 Å². The van der Waals surface area contributed by atoms with Gasteiger partial charge in [0.15, 0.2) is 0 Å². The van der Waals surface area contributed by atoms with Crippen LogP contribution >= 0.6 is 20.2 Å². The van der Waals surface area contributed by atoms with Crippen molar-refractivity contribution in [3.05, 3.63) is 0 Å². The third kappa shape index (κ3) is 48.5. The Morgan fingerprint density at radius 2 is 1.59 bits per heavy atom. The molecule has 0 aromatic rings. The van der Waals surface area contributed by atoms with Gasteiger partial charge in [-0.2, -0.15) is 0 Å². The van der Waals surface area contributed by atoms with E-state index in [0.717, 1.165) is 0 Å². The molecule has 0 heterocycles. The molecule has 0 rings (SSSR count). The molecule has 0 spiro atoms. The van der Waals surface area contributed by atoms with Crippen LogP contribution in [0.15, 0.2) is 0 Å². The lowest BCUT2D eigenvalue weighted by atomic mass is 10.5. The van der Waals surface area contributed by atoms with Crippen LogP contribution in [0.5, 0.6) is 0 Å². The zero-order valence-electron chi connectivity index (χ0n) is 9.51. The summed E-state index contributed by atoms with van der Waals surface area (Å²) < 4.78 is 47.9. The molecule has 0 aromatic heterocycles. The van der Waals surface area contributed by atoms with E-state index < -0.39 is 18.2 Å². The maximum atomic E-state index is 10.2. The van der Waals surface area contributed by atoms with Crippen LogP contribution in [0.4, 0.5) is 0 Å². The Balaban J connectivity index is -0.000000280. The average molecular weight is 318 g/mol. The molecule has 0 aliphatic heterocycles. The van der Waals surface area contributed by atoms with Crippen LogP contribution in [0.3, 0.4) is 0 Å². The normalized spacial score (nSPS) is 12.2. The van der Waals surface area contributed by atoms with Gasteiger partial charge >= 0.3 is 7.82 Å². The molecule has 0 radical (unpaired) electrons. The molecule has 0 aromatic carbocycles. The lowest BCUT2D eigenvalue weighted by Crippen LogP contribution is -2.37. The first-order valence-electron chi connectivity index (χ1n) is 3.89. The van der Waals surface area contributed by atoms with Crippen molar-refractivity contribution in [2.45, 2.75) is 0 Å². The number of quaternary nitrogens is 1. The Labute approximate surface area is 106 Å². The van der Waals surface area contributed by atoms with Crippen LogP contribution in [0.25, 0.3) is 0 Å². The first-order chi connectivity index (χ1) is 6.71. The molecule has 0 bridgehead atoms. The number of nitrogens with zero attached hydrogens (tertiary/aromatic N) is 1. The summed E-state index contributed by atoms with van der Waals surface area (Å²) >= 11 is 0. The number of hydrogen-bond acceptors (Lipinski definition) is 5. The average Bonchev–Trinajstić information content (AvgIpc) is 1.74. The highest BCUT2D eigenvalue weighted by Crippen LogP contribution is 2.35. The third-order valence-corrected chi connectivity index (χ3v) is 1.54. The SMILES string of the molecule is C[N+](C)(C)CCOP(=O)(O)O.Cl.O=S(=O)([O-])O. The van der Waals surface area contributed by atoms with Crippen molar-refractivity contribution in [3.63, 3.8) is 0 Å². The van der Waals surface area contributed by atoms with Crippen molar-refractivity contribution in [2.75, 3.05) is 34.3 Å². The van der Waals surface area contributed by atoms with E-state index >= 15 is 0 Å². The number of phosphoric acid groups is 1. The van der Waals surface area contributed by atoms with Crippen LogP contribution in [0, 0.1) is 0 Å². The fourth-order valence-corrected chi connectivity index (χ4v) is 0.753. The molecule has 9 nitrogen and oxygen atoms in total.